The first-order valence-corrected chi connectivity index (χ1v) is 8.44. The molecule has 0 spiro atoms. The standard InChI is InChI=1S/C19H28N2O/c1-3-5-13-21(14-6-4-2)16-17-12-15-22-19(17)20-18-10-8-7-9-11-18/h7-12,15,20H,3-6,13-14,16H2,1-2H3. The molecule has 0 aliphatic rings. The minimum absolute atomic E-state index is 0.865. The topological polar surface area (TPSA) is 28.4 Å². The van der Waals surface area contributed by atoms with Crippen LogP contribution < -0.4 is 5.32 Å². The highest BCUT2D eigenvalue weighted by atomic mass is 16.3. The molecule has 22 heavy (non-hydrogen) atoms. The average Bonchev–Trinajstić information content (AvgIpc) is 2.98. The number of rotatable bonds is 10. The van der Waals surface area contributed by atoms with Crippen molar-refractivity contribution in [2.75, 3.05) is 18.4 Å². The van der Waals surface area contributed by atoms with Gasteiger partial charge in [-0.2, -0.15) is 0 Å². The molecule has 1 aromatic heterocycles. The highest BCUT2D eigenvalue weighted by Gasteiger charge is 2.11. The molecule has 0 saturated heterocycles. The molecule has 0 aliphatic heterocycles. The van der Waals surface area contributed by atoms with E-state index in [9.17, 15) is 0 Å². The molecule has 0 unspecified atom stereocenters. The quantitative estimate of drug-likeness (QED) is 0.634. The molecule has 3 nitrogen and oxygen atoms in total. The fourth-order valence-electron chi connectivity index (χ4n) is 2.50. The lowest BCUT2D eigenvalue weighted by Gasteiger charge is -2.21. The third-order valence-corrected chi connectivity index (χ3v) is 3.83. The minimum atomic E-state index is 0.865. The number of para-hydroxylation sites is 1. The summed E-state index contributed by atoms with van der Waals surface area (Å²) in [5, 5.41) is 3.38. The van der Waals surface area contributed by atoms with Crippen molar-refractivity contribution in [3.8, 4) is 0 Å². The van der Waals surface area contributed by atoms with Gasteiger partial charge in [0.1, 0.15) is 0 Å². The Labute approximate surface area is 134 Å². The summed E-state index contributed by atoms with van der Waals surface area (Å²) in [5.41, 5.74) is 2.29. The Hall–Kier alpha value is -1.74. The molecule has 0 aliphatic carbocycles. The van der Waals surface area contributed by atoms with Crippen LogP contribution in [0.25, 0.3) is 0 Å². The van der Waals surface area contributed by atoms with Gasteiger partial charge in [0.05, 0.1) is 6.26 Å². The lowest BCUT2D eigenvalue weighted by Crippen LogP contribution is -2.25. The van der Waals surface area contributed by atoms with E-state index in [2.05, 4.69) is 42.3 Å². The van der Waals surface area contributed by atoms with E-state index in [1.165, 1.54) is 31.2 Å². The molecular weight excluding hydrogens is 272 g/mol. The first-order valence-electron chi connectivity index (χ1n) is 8.44. The summed E-state index contributed by atoms with van der Waals surface area (Å²) >= 11 is 0. The molecule has 1 N–H and O–H groups in total. The second-order valence-corrected chi connectivity index (χ2v) is 5.75. The maximum absolute atomic E-state index is 5.64. The van der Waals surface area contributed by atoms with Crippen LogP contribution in [0.1, 0.15) is 45.1 Å². The smallest absolute Gasteiger partial charge is 0.201 e. The van der Waals surface area contributed by atoms with Gasteiger partial charge in [0.15, 0.2) is 0 Å². The fourth-order valence-corrected chi connectivity index (χ4v) is 2.50. The number of nitrogens with one attached hydrogen (secondary N) is 1. The van der Waals surface area contributed by atoms with Crippen molar-refractivity contribution in [2.24, 2.45) is 0 Å². The molecule has 0 amide bonds. The van der Waals surface area contributed by atoms with Gasteiger partial charge in [-0.1, -0.05) is 44.9 Å². The van der Waals surface area contributed by atoms with Gasteiger partial charge in [0.2, 0.25) is 5.88 Å². The van der Waals surface area contributed by atoms with Crippen molar-refractivity contribution < 1.29 is 4.42 Å². The zero-order chi connectivity index (χ0) is 15.6. The predicted octanol–water partition coefficient (Wildman–Crippen LogP) is 5.43. The lowest BCUT2D eigenvalue weighted by atomic mass is 10.2. The Balaban J connectivity index is 2.00. The van der Waals surface area contributed by atoms with Crippen LogP contribution in [0.4, 0.5) is 11.6 Å². The first kappa shape index (κ1) is 16.6. The molecule has 120 valence electrons. The van der Waals surface area contributed by atoms with Gasteiger partial charge in [-0.3, -0.25) is 4.90 Å². The van der Waals surface area contributed by atoms with Crippen molar-refractivity contribution in [1.29, 1.82) is 0 Å². The number of hydrogen-bond acceptors (Lipinski definition) is 3. The van der Waals surface area contributed by atoms with Gasteiger partial charge < -0.3 is 9.73 Å². The molecule has 2 rings (SSSR count). The van der Waals surface area contributed by atoms with E-state index >= 15 is 0 Å². The van der Waals surface area contributed by atoms with E-state index in [4.69, 9.17) is 4.42 Å². The monoisotopic (exact) mass is 300 g/mol. The van der Waals surface area contributed by atoms with Crippen LogP contribution in [0, 0.1) is 0 Å². The van der Waals surface area contributed by atoms with Crippen LogP contribution in [0.3, 0.4) is 0 Å². The van der Waals surface area contributed by atoms with Crippen LogP contribution in [0.15, 0.2) is 47.1 Å². The average molecular weight is 300 g/mol. The van der Waals surface area contributed by atoms with E-state index in [0.717, 1.165) is 31.2 Å². The lowest BCUT2D eigenvalue weighted by molar-refractivity contribution is 0.257. The minimum Gasteiger partial charge on any atom is -0.448 e. The number of hydrogen-bond donors (Lipinski definition) is 1. The molecule has 1 aromatic carbocycles. The van der Waals surface area contributed by atoms with Crippen LogP contribution in [0.2, 0.25) is 0 Å². The Morgan fingerprint density at radius 3 is 2.27 bits per heavy atom. The second-order valence-electron chi connectivity index (χ2n) is 5.75. The van der Waals surface area contributed by atoms with Crippen LogP contribution >= 0.6 is 0 Å². The van der Waals surface area contributed by atoms with Gasteiger partial charge in [-0.15, -0.1) is 0 Å². The molecule has 0 fully saturated rings. The first-order chi connectivity index (χ1) is 10.8. The predicted molar refractivity (Wildman–Crippen MR) is 93.5 cm³/mol. The number of nitrogens with zero attached hydrogens (tertiary/aromatic N) is 1. The molecule has 0 atom stereocenters. The Bertz CT molecular complexity index is 513. The third-order valence-electron chi connectivity index (χ3n) is 3.83. The molecule has 0 bridgehead atoms. The van der Waals surface area contributed by atoms with Crippen molar-refractivity contribution in [1.82, 2.24) is 4.90 Å². The van der Waals surface area contributed by atoms with E-state index in [0.29, 0.717) is 0 Å². The van der Waals surface area contributed by atoms with Gasteiger partial charge >= 0.3 is 0 Å². The van der Waals surface area contributed by atoms with Gasteiger partial charge in [0.25, 0.3) is 0 Å². The maximum atomic E-state index is 5.64. The van der Waals surface area contributed by atoms with Gasteiger partial charge in [-0.25, -0.2) is 0 Å². The van der Waals surface area contributed by atoms with Crippen LogP contribution in [-0.2, 0) is 6.54 Å². The van der Waals surface area contributed by atoms with Gasteiger partial charge in [-0.05, 0) is 44.1 Å². The summed E-state index contributed by atoms with van der Waals surface area (Å²) < 4.78 is 5.64. The Kier molecular flexibility index (Phi) is 7.04. The van der Waals surface area contributed by atoms with Gasteiger partial charge in [0, 0.05) is 17.8 Å². The molecular formula is C19H28N2O. The number of unbranched alkanes of at least 4 members (excludes halogenated alkanes) is 2. The second kappa shape index (κ2) is 9.31. The summed E-state index contributed by atoms with van der Waals surface area (Å²) in [5.74, 6) is 0.865. The number of anilines is 2. The third kappa shape index (κ3) is 5.23. The molecule has 2 aromatic rings. The largest absolute Gasteiger partial charge is 0.448 e. The summed E-state index contributed by atoms with van der Waals surface area (Å²) in [4.78, 5) is 2.54. The maximum Gasteiger partial charge on any atom is 0.201 e. The number of benzene rings is 1. The highest BCUT2D eigenvalue weighted by Crippen LogP contribution is 2.23. The van der Waals surface area contributed by atoms with E-state index in [-0.39, 0.29) is 0 Å². The molecule has 0 radical (unpaired) electrons. The van der Waals surface area contributed by atoms with Crippen molar-refractivity contribution >= 4 is 11.6 Å². The number of furan rings is 1. The molecule has 3 heteroatoms. The SMILES string of the molecule is CCCCN(CCCC)Cc1ccoc1Nc1ccccc1. The zero-order valence-electron chi connectivity index (χ0n) is 13.8. The van der Waals surface area contributed by atoms with Crippen LogP contribution in [-0.4, -0.2) is 18.0 Å². The van der Waals surface area contributed by atoms with Crippen molar-refractivity contribution in [3.05, 3.63) is 48.2 Å². The fraction of sp³-hybridized carbons (Fsp3) is 0.474. The van der Waals surface area contributed by atoms with Crippen LogP contribution in [0.5, 0.6) is 0 Å². The Morgan fingerprint density at radius 2 is 1.64 bits per heavy atom. The summed E-state index contributed by atoms with van der Waals surface area (Å²) in [6, 6.07) is 12.3. The zero-order valence-corrected chi connectivity index (χ0v) is 13.8. The molecule has 0 saturated carbocycles. The van der Waals surface area contributed by atoms with Crippen molar-refractivity contribution in [2.45, 2.75) is 46.1 Å². The van der Waals surface area contributed by atoms with E-state index in [1.807, 2.05) is 18.2 Å². The van der Waals surface area contributed by atoms with E-state index in [1.54, 1.807) is 6.26 Å². The van der Waals surface area contributed by atoms with Crippen molar-refractivity contribution in [3.63, 3.8) is 0 Å². The Morgan fingerprint density at radius 1 is 0.955 bits per heavy atom. The van der Waals surface area contributed by atoms with E-state index < -0.39 is 0 Å². The summed E-state index contributed by atoms with van der Waals surface area (Å²) in [7, 11) is 0. The summed E-state index contributed by atoms with van der Waals surface area (Å²) in [6.07, 6.45) is 6.76. The summed E-state index contributed by atoms with van der Waals surface area (Å²) in [6.45, 7) is 7.76. The normalized spacial score (nSPS) is 11.0. The highest BCUT2D eigenvalue weighted by molar-refractivity contribution is 5.57. The molecule has 1 heterocycles.